The lowest BCUT2D eigenvalue weighted by atomic mass is 10.1. The van der Waals surface area contributed by atoms with E-state index < -0.39 is 5.67 Å². The van der Waals surface area contributed by atoms with Crippen LogP contribution in [0.15, 0.2) is 0 Å². The average Bonchev–Trinajstić information content (AvgIpc) is 2.67. The van der Waals surface area contributed by atoms with Crippen molar-refractivity contribution in [1.82, 2.24) is 4.90 Å². The van der Waals surface area contributed by atoms with E-state index in [9.17, 15) is 9.50 Å². The molecule has 1 atom stereocenters. The minimum atomic E-state index is -0.892. The second-order valence-electron chi connectivity index (χ2n) is 4.18. The number of β-amino-alcohol motifs (C(OH)–C–C–N with tert-alkyl or cyclic N) is 1. The number of alkyl halides is 1. The zero-order chi connectivity index (χ0) is 8.60. The number of aliphatic hydroxyl groups is 1. The van der Waals surface area contributed by atoms with Crippen LogP contribution in [0, 0.1) is 0 Å². The van der Waals surface area contributed by atoms with Crippen LogP contribution in [0.25, 0.3) is 0 Å². The molecule has 1 heterocycles. The van der Waals surface area contributed by atoms with Crippen molar-refractivity contribution in [2.45, 2.75) is 37.5 Å². The van der Waals surface area contributed by atoms with E-state index in [4.69, 9.17) is 0 Å². The van der Waals surface area contributed by atoms with E-state index in [0.717, 1.165) is 32.2 Å². The second kappa shape index (κ2) is 2.96. The van der Waals surface area contributed by atoms with E-state index in [0.29, 0.717) is 13.1 Å². The third-order valence-corrected chi connectivity index (χ3v) is 2.78. The van der Waals surface area contributed by atoms with Gasteiger partial charge in [-0.15, -0.1) is 0 Å². The van der Waals surface area contributed by atoms with Crippen LogP contribution in [0.1, 0.15) is 25.7 Å². The fourth-order valence-corrected chi connectivity index (χ4v) is 1.87. The van der Waals surface area contributed by atoms with Gasteiger partial charge in [0.2, 0.25) is 0 Å². The quantitative estimate of drug-likeness (QED) is 0.672. The van der Waals surface area contributed by atoms with E-state index >= 15 is 0 Å². The summed E-state index contributed by atoms with van der Waals surface area (Å²) in [6, 6.07) is 0. The summed E-state index contributed by atoms with van der Waals surface area (Å²) in [5.74, 6) is 0. The van der Waals surface area contributed by atoms with E-state index in [-0.39, 0.29) is 6.10 Å². The zero-order valence-electron chi connectivity index (χ0n) is 7.30. The molecule has 0 bridgehead atoms. The topological polar surface area (TPSA) is 23.5 Å². The molecule has 0 amide bonds. The van der Waals surface area contributed by atoms with Crippen LogP contribution in [0.2, 0.25) is 0 Å². The Morgan fingerprint density at radius 1 is 1.50 bits per heavy atom. The first-order valence-electron chi connectivity index (χ1n) is 4.77. The van der Waals surface area contributed by atoms with E-state index in [1.807, 2.05) is 0 Å². The minimum Gasteiger partial charge on any atom is -0.392 e. The van der Waals surface area contributed by atoms with E-state index in [1.54, 1.807) is 0 Å². The molecule has 1 saturated carbocycles. The Labute approximate surface area is 72.4 Å². The highest BCUT2D eigenvalue weighted by atomic mass is 19.1. The Kier molecular flexibility index (Phi) is 2.09. The lowest BCUT2D eigenvalue weighted by Crippen LogP contribution is -2.41. The van der Waals surface area contributed by atoms with Gasteiger partial charge in [0.1, 0.15) is 5.67 Å². The van der Waals surface area contributed by atoms with Gasteiger partial charge in [0.05, 0.1) is 6.10 Å². The van der Waals surface area contributed by atoms with Gasteiger partial charge in [-0.1, -0.05) is 0 Å². The number of piperidine rings is 1. The van der Waals surface area contributed by atoms with E-state index in [1.165, 1.54) is 0 Å². The van der Waals surface area contributed by atoms with Gasteiger partial charge in [0.25, 0.3) is 0 Å². The summed E-state index contributed by atoms with van der Waals surface area (Å²) in [5, 5.41) is 9.33. The van der Waals surface area contributed by atoms with Crippen molar-refractivity contribution < 1.29 is 9.50 Å². The number of hydrogen-bond donors (Lipinski definition) is 1. The molecule has 2 rings (SSSR count). The normalized spacial score (nSPS) is 35.0. The first kappa shape index (κ1) is 8.45. The standard InChI is InChI=1S/C9H16FNO/c10-9(3-4-9)7-11-5-1-2-8(12)6-11/h8,12H,1-7H2/t8-/m0/s1. The van der Waals surface area contributed by atoms with Crippen LogP contribution in [0.4, 0.5) is 4.39 Å². The van der Waals surface area contributed by atoms with Gasteiger partial charge in [-0.2, -0.15) is 0 Å². The highest BCUT2D eigenvalue weighted by Crippen LogP contribution is 2.40. The number of halogens is 1. The molecule has 0 aromatic rings. The van der Waals surface area contributed by atoms with Crippen molar-refractivity contribution in [3.63, 3.8) is 0 Å². The Morgan fingerprint density at radius 2 is 2.25 bits per heavy atom. The maximum absolute atomic E-state index is 13.3. The summed E-state index contributed by atoms with van der Waals surface area (Å²) >= 11 is 0. The molecule has 2 aliphatic rings. The molecule has 0 spiro atoms. The van der Waals surface area contributed by atoms with Crippen molar-refractivity contribution in [2.24, 2.45) is 0 Å². The summed E-state index contributed by atoms with van der Waals surface area (Å²) < 4.78 is 13.3. The molecule has 1 aliphatic carbocycles. The largest absolute Gasteiger partial charge is 0.392 e. The Bertz CT molecular complexity index is 170. The Hall–Kier alpha value is -0.150. The molecule has 12 heavy (non-hydrogen) atoms. The van der Waals surface area contributed by atoms with Gasteiger partial charge in [0.15, 0.2) is 0 Å². The van der Waals surface area contributed by atoms with Gasteiger partial charge < -0.3 is 5.11 Å². The highest BCUT2D eigenvalue weighted by Gasteiger charge is 2.44. The van der Waals surface area contributed by atoms with Gasteiger partial charge in [-0.25, -0.2) is 4.39 Å². The molecule has 1 saturated heterocycles. The molecule has 70 valence electrons. The molecule has 0 unspecified atom stereocenters. The molecule has 1 aliphatic heterocycles. The van der Waals surface area contributed by atoms with Crippen LogP contribution in [0.5, 0.6) is 0 Å². The number of likely N-dealkylation sites (tertiary alicyclic amines) is 1. The first-order valence-corrected chi connectivity index (χ1v) is 4.77. The Balaban J connectivity index is 1.79. The van der Waals surface area contributed by atoms with Crippen molar-refractivity contribution in [3.8, 4) is 0 Å². The molecule has 0 aromatic carbocycles. The number of aliphatic hydroxyl groups excluding tert-OH is 1. The maximum atomic E-state index is 13.3. The molecule has 0 aromatic heterocycles. The van der Waals surface area contributed by atoms with Crippen molar-refractivity contribution in [3.05, 3.63) is 0 Å². The van der Waals surface area contributed by atoms with E-state index in [2.05, 4.69) is 4.90 Å². The fourth-order valence-electron chi connectivity index (χ4n) is 1.87. The van der Waals surface area contributed by atoms with Crippen molar-refractivity contribution >= 4 is 0 Å². The van der Waals surface area contributed by atoms with Crippen LogP contribution >= 0.6 is 0 Å². The second-order valence-corrected chi connectivity index (χ2v) is 4.18. The summed E-state index contributed by atoms with van der Waals surface area (Å²) in [6.07, 6.45) is 3.12. The first-order chi connectivity index (χ1) is 5.68. The van der Waals surface area contributed by atoms with Crippen LogP contribution in [0.3, 0.4) is 0 Å². The predicted octanol–water partition coefficient (Wildman–Crippen LogP) is 0.945. The third-order valence-electron chi connectivity index (χ3n) is 2.78. The maximum Gasteiger partial charge on any atom is 0.123 e. The molecular weight excluding hydrogens is 157 g/mol. The highest BCUT2D eigenvalue weighted by molar-refractivity contribution is 4.97. The zero-order valence-corrected chi connectivity index (χ0v) is 7.30. The summed E-state index contributed by atoms with van der Waals surface area (Å²) in [6.45, 7) is 2.18. The summed E-state index contributed by atoms with van der Waals surface area (Å²) in [5.41, 5.74) is -0.892. The lowest BCUT2D eigenvalue weighted by molar-refractivity contribution is 0.0532. The molecule has 2 nitrogen and oxygen atoms in total. The molecule has 0 radical (unpaired) electrons. The average molecular weight is 173 g/mol. The number of hydrogen-bond acceptors (Lipinski definition) is 2. The van der Waals surface area contributed by atoms with Crippen molar-refractivity contribution in [2.75, 3.05) is 19.6 Å². The van der Waals surface area contributed by atoms with Crippen LogP contribution in [-0.4, -0.2) is 41.4 Å². The number of rotatable bonds is 2. The van der Waals surface area contributed by atoms with Gasteiger partial charge >= 0.3 is 0 Å². The van der Waals surface area contributed by atoms with Gasteiger partial charge in [0, 0.05) is 13.1 Å². The monoisotopic (exact) mass is 173 g/mol. The van der Waals surface area contributed by atoms with Crippen LogP contribution < -0.4 is 0 Å². The summed E-state index contributed by atoms with van der Waals surface area (Å²) in [7, 11) is 0. The van der Waals surface area contributed by atoms with Crippen molar-refractivity contribution in [1.29, 1.82) is 0 Å². The smallest absolute Gasteiger partial charge is 0.123 e. The predicted molar refractivity (Wildman–Crippen MR) is 44.8 cm³/mol. The fraction of sp³-hybridized carbons (Fsp3) is 1.00. The molecule has 1 N–H and O–H groups in total. The SMILES string of the molecule is O[C@H]1CCCN(CC2(F)CC2)C1. The van der Waals surface area contributed by atoms with Gasteiger partial charge in [-0.3, -0.25) is 4.90 Å². The molecular formula is C9H16FNO. The van der Waals surface area contributed by atoms with Gasteiger partial charge in [-0.05, 0) is 32.2 Å². The Morgan fingerprint density at radius 3 is 2.83 bits per heavy atom. The number of nitrogens with zero attached hydrogens (tertiary/aromatic N) is 1. The lowest BCUT2D eigenvalue weighted by Gasteiger charge is -2.30. The minimum absolute atomic E-state index is 0.221. The third kappa shape index (κ3) is 1.96. The molecule has 3 heteroatoms. The molecule has 2 fully saturated rings. The summed E-state index contributed by atoms with van der Waals surface area (Å²) in [4.78, 5) is 2.06. The van der Waals surface area contributed by atoms with Crippen LogP contribution in [-0.2, 0) is 0 Å².